The van der Waals surface area contributed by atoms with Gasteiger partial charge in [0.15, 0.2) is 0 Å². The van der Waals surface area contributed by atoms with Gasteiger partial charge in [0.1, 0.15) is 0 Å². The summed E-state index contributed by atoms with van der Waals surface area (Å²) >= 11 is 0. The Hall–Kier alpha value is -0.340. The zero-order valence-corrected chi connectivity index (χ0v) is 9.96. The molecule has 5 heteroatoms. The van der Waals surface area contributed by atoms with Crippen LogP contribution in [0.1, 0.15) is 33.1 Å². The minimum atomic E-state index is -0.961. The zero-order chi connectivity index (χ0) is 9.82. The van der Waals surface area contributed by atoms with Crippen molar-refractivity contribution >= 4 is 16.0 Å². The number of hydrogen-bond acceptors (Lipinski definition) is 2. The molecule has 0 aliphatic rings. The maximum atomic E-state index is 9.49. The van der Waals surface area contributed by atoms with E-state index >= 15 is 0 Å². The molecule has 0 fully saturated rings. The van der Waals surface area contributed by atoms with Crippen LogP contribution in [-0.2, 0) is 0 Å². The molecule has 0 aromatic rings. The van der Waals surface area contributed by atoms with Crippen molar-refractivity contribution in [3.05, 3.63) is 0 Å². The summed E-state index contributed by atoms with van der Waals surface area (Å²) < 4.78 is 0. The number of hydrogen-bond donors (Lipinski definition) is 3. The Bertz CT molecular complexity index is 97.4. The average molecular weight is 211 g/mol. The highest BCUT2D eigenvalue weighted by Crippen LogP contribution is 1.89. The van der Waals surface area contributed by atoms with E-state index in [1.54, 1.807) is 6.92 Å². The van der Waals surface area contributed by atoms with Crippen molar-refractivity contribution in [1.29, 1.82) is 0 Å². The summed E-state index contributed by atoms with van der Waals surface area (Å²) in [5.41, 5.74) is 0. The number of nitrogens with one attached hydrogen (secondary N) is 1. The molecule has 0 saturated carbocycles. The Morgan fingerprint density at radius 2 is 1.85 bits per heavy atom. The minimum Gasteiger partial charge on any atom is -0.465 e. The summed E-state index contributed by atoms with van der Waals surface area (Å²) in [5.74, 6) is 0. The fourth-order valence-electron chi connectivity index (χ4n) is 0.513. The molecule has 82 valence electrons. The van der Waals surface area contributed by atoms with E-state index in [0.29, 0.717) is 13.2 Å². The lowest BCUT2D eigenvalue weighted by Gasteiger charge is -1.87. The molecule has 0 spiro atoms. The van der Waals surface area contributed by atoms with E-state index in [1.807, 2.05) is 0 Å². The van der Waals surface area contributed by atoms with E-state index in [-0.39, 0.29) is 9.90 Å². The maximum Gasteiger partial charge on any atom is 0.404 e. The van der Waals surface area contributed by atoms with Crippen LogP contribution in [0.3, 0.4) is 0 Å². The van der Waals surface area contributed by atoms with Gasteiger partial charge in [-0.2, -0.15) is 9.90 Å². The van der Waals surface area contributed by atoms with Crippen molar-refractivity contribution in [3.63, 3.8) is 0 Å². The number of aliphatic hydroxyl groups is 1. The van der Waals surface area contributed by atoms with Gasteiger partial charge in [0.2, 0.25) is 0 Å². The third-order valence-electron chi connectivity index (χ3n) is 1.09. The number of rotatable bonds is 4. The summed E-state index contributed by atoms with van der Waals surface area (Å²) in [4.78, 5) is 9.49. The number of carbonyl (C=O) groups is 1. The van der Waals surface area contributed by atoms with Crippen LogP contribution < -0.4 is 5.32 Å². The van der Waals surface area contributed by atoms with Crippen LogP contribution in [0.2, 0.25) is 0 Å². The number of unbranched alkanes of at least 4 members (excludes halogenated alkanes) is 2. The Morgan fingerprint density at radius 1 is 1.31 bits per heavy atom. The smallest absolute Gasteiger partial charge is 0.404 e. The molecule has 0 aromatic heterocycles. The van der Waals surface area contributed by atoms with Gasteiger partial charge in [-0.1, -0.05) is 19.8 Å². The van der Waals surface area contributed by atoms with Crippen molar-refractivity contribution in [2.45, 2.75) is 33.1 Å². The van der Waals surface area contributed by atoms with Gasteiger partial charge in [-0.05, 0) is 13.3 Å². The second kappa shape index (κ2) is 17.7. The maximum absolute atomic E-state index is 9.49. The van der Waals surface area contributed by atoms with Gasteiger partial charge in [-0.3, -0.25) is 0 Å². The lowest BCUT2D eigenvalue weighted by molar-refractivity contribution is 0.195. The molecule has 0 radical (unpaired) electrons. The standard InChI is InChI=1S/C5H12O.C3H7NO2.H3P/c1-2-3-4-5-6;1-2-4-3(5)6;/h6H,2-5H2,1H3;4H,2H2,1H3,(H,5,6);1H3. The first-order chi connectivity index (χ1) is 5.68. The molecule has 0 aliphatic heterocycles. The topological polar surface area (TPSA) is 69.6 Å². The molecular weight excluding hydrogens is 189 g/mol. The SMILES string of the molecule is CCCCCO.CCNC(=O)O.P. The molecule has 1 atom stereocenters. The fourth-order valence-corrected chi connectivity index (χ4v) is 0.513. The van der Waals surface area contributed by atoms with Gasteiger partial charge in [0.05, 0.1) is 0 Å². The molecule has 3 N–H and O–H groups in total. The predicted octanol–water partition coefficient (Wildman–Crippen LogP) is 1.50. The van der Waals surface area contributed by atoms with Gasteiger partial charge in [-0.15, -0.1) is 0 Å². The predicted molar refractivity (Wildman–Crippen MR) is 59.4 cm³/mol. The third-order valence-corrected chi connectivity index (χ3v) is 1.09. The zero-order valence-electron chi connectivity index (χ0n) is 8.55. The Morgan fingerprint density at radius 3 is 1.92 bits per heavy atom. The highest BCUT2D eigenvalue weighted by Gasteiger charge is 1.83. The van der Waals surface area contributed by atoms with Gasteiger partial charge in [-0.25, -0.2) is 4.79 Å². The van der Waals surface area contributed by atoms with E-state index in [9.17, 15) is 4.79 Å². The highest BCUT2D eigenvalue weighted by atomic mass is 31.0. The lowest BCUT2D eigenvalue weighted by Crippen LogP contribution is -2.19. The van der Waals surface area contributed by atoms with Crippen molar-refractivity contribution in [2.24, 2.45) is 0 Å². The molecule has 1 unspecified atom stereocenters. The molecule has 1 amide bonds. The van der Waals surface area contributed by atoms with E-state index in [0.717, 1.165) is 12.8 Å². The summed E-state index contributed by atoms with van der Waals surface area (Å²) in [7, 11) is 0. The lowest BCUT2D eigenvalue weighted by atomic mass is 10.3. The van der Waals surface area contributed by atoms with Crippen LogP contribution in [0.15, 0.2) is 0 Å². The van der Waals surface area contributed by atoms with Crippen molar-refractivity contribution in [2.75, 3.05) is 13.2 Å². The van der Waals surface area contributed by atoms with E-state index < -0.39 is 6.09 Å². The van der Waals surface area contributed by atoms with Crippen LogP contribution in [0, 0.1) is 0 Å². The molecule has 13 heavy (non-hydrogen) atoms. The van der Waals surface area contributed by atoms with E-state index in [1.165, 1.54) is 6.42 Å². The van der Waals surface area contributed by atoms with Crippen molar-refractivity contribution in [3.8, 4) is 0 Å². The average Bonchev–Trinajstić information content (AvgIpc) is 2.02. The molecule has 0 aromatic carbocycles. The van der Waals surface area contributed by atoms with Gasteiger partial charge >= 0.3 is 6.09 Å². The quantitative estimate of drug-likeness (QED) is 0.487. The molecule has 0 rings (SSSR count). The molecule has 4 nitrogen and oxygen atoms in total. The van der Waals surface area contributed by atoms with Gasteiger partial charge < -0.3 is 15.5 Å². The normalized spacial score (nSPS) is 7.62. The van der Waals surface area contributed by atoms with Gasteiger partial charge in [0.25, 0.3) is 0 Å². The Kier molecular flexibility index (Phi) is 25.1. The van der Waals surface area contributed by atoms with E-state index in [2.05, 4.69) is 12.2 Å². The summed E-state index contributed by atoms with van der Waals surface area (Å²) in [5, 5.41) is 18.1. The van der Waals surface area contributed by atoms with Crippen LogP contribution in [-0.4, -0.2) is 29.5 Å². The van der Waals surface area contributed by atoms with Crippen molar-refractivity contribution < 1.29 is 15.0 Å². The van der Waals surface area contributed by atoms with Gasteiger partial charge in [0, 0.05) is 13.2 Å². The second-order valence-electron chi connectivity index (χ2n) is 2.27. The highest BCUT2D eigenvalue weighted by molar-refractivity contribution is 6.92. The molecule has 0 saturated heterocycles. The first kappa shape index (κ1) is 18.4. The second-order valence-corrected chi connectivity index (χ2v) is 2.27. The molecule has 0 bridgehead atoms. The summed E-state index contributed by atoms with van der Waals surface area (Å²) in [6, 6.07) is 0. The number of aliphatic hydroxyl groups excluding tert-OH is 1. The fraction of sp³-hybridized carbons (Fsp3) is 0.875. The van der Waals surface area contributed by atoms with Crippen molar-refractivity contribution in [1.82, 2.24) is 5.32 Å². The monoisotopic (exact) mass is 211 g/mol. The summed E-state index contributed by atoms with van der Waals surface area (Å²) in [6.07, 6.45) is 2.37. The van der Waals surface area contributed by atoms with E-state index in [4.69, 9.17) is 10.2 Å². The van der Waals surface area contributed by atoms with Crippen LogP contribution in [0.25, 0.3) is 0 Å². The largest absolute Gasteiger partial charge is 0.465 e. The molecule has 0 aliphatic carbocycles. The first-order valence-electron chi connectivity index (χ1n) is 4.26. The third kappa shape index (κ3) is 34.0. The van der Waals surface area contributed by atoms with Crippen LogP contribution >= 0.6 is 9.90 Å². The van der Waals surface area contributed by atoms with Crippen LogP contribution in [0.5, 0.6) is 0 Å². The number of amides is 1. The van der Waals surface area contributed by atoms with Crippen LogP contribution in [0.4, 0.5) is 4.79 Å². The first-order valence-corrected chi connectivity index (χ1v) is 4.26. The number of carboxylic acid groups (broad SMARTS) is 1. The Labute approximate surface area is 83.4 Å². The molecular formula is C8H22NO3P. The Balaban J connectivity index is -0.000000143. The molecule has 0 heterocycles. The summed E-state index contributed by atoms with van der Waals surface area (Å²) in [6.45, 7) is 4.69. The minimum absolute atomic E-state index is 0.